The minimum Gasteiger partial charge on any atom is -0.375 e. The van der Waals surface area contributed by atoms with Crippen molar-refractivity contribution in [2.45, 2.75) is 13.0 Å². The second-order valence-electron chi connectivity index (χ2n) is 7.82. The zero-order chi connectivity index (χ0) is 21.2. The van der Waals surface area contributed by atoms with E-state index in [9.17, 15) is 4.79 Å². The molecule has 3 rings (SSSR count). The summed E-state index contributed by atoms with van der Waals surface area (Å²) >= 11 is 0. The van der Waals surface area contributed by atoms with Crippen LogP contribution in [0.25, 0.3) is 0 Å². The van der Waals surface area contributed by atoms with Gasteiger partial charge in [-0.2, -0.15) is 5.26 Å². The Hall–Kier alpha value is -2.88. The van der Waals surface area contributed by atoms with E-state index in [2.05, 4.69) is 45.3 Å². The first kappa shape index (κ1) is 21.8. The fourth-order valence-electron chi connectivity index (χ4n) is 3.66. The summed E-state index contributed by atoms with van der Waals surface area (Å²) in [6.07, 6.45) is 0.926. The van der Waals surface area contributed by atoms with E-state index in [4.69, 9.17) is 5.26 Å². The number of carbonyl (C=O) groups is 1. The molecule has 0 aromatic heterocycles. The summed E-state index contributed by atoms with van der Waals surface area (Å²) in [4.78, 5) is 19.1. The van der Waals surface area contributed by atoms with Gasteiger partial charge in [-0.05, 0) is 36.2 Å². The van der Waals surface area contributed by atoms with Crippen LogP contribution >= 0.6 is 0 Å². The van der Waals surface area contributed by atoms with Gasteiger partial charge in [0.25, 0.3) is 0 Å². The van der Waals surface area contributed by atoms with Gasteiger partial charge in [0.05, 0.1) is 18.2 Å². The van der Waals surface area contributed by atoms with Gasteiger partial charge in [-0.25, -0.2) is 0 Å². The van der Waals surface area contributed by atoms with Crippen molar-refractivity contribution >= 4 is 11.6 Å². The Bertz CT molecular complexity index is 823. The standard InChI is InChI=1S/C24H31N5O/c1-27(23-6-3-2-4-7-23)13-5-12-26-24(30)20-29-16-14-28(15-17-29)19-22-10-8-21(18-25)9-11-22/h2-4,6-11H,5,12-17,19-20H2,1H3,(H,26,30). The number of benzene rings is 2. The molecule has 1 saturated heterocycles. The fraction of sp³-hybridized carbons (Fsp3) is 0.417. The number of rotatable bonds is 9. The molecule has 0 spiro atoms. The highest BCUT2D eigenvalue weighted by atomic mass is 16.2. The summed E-state index contributed by atoms with van der Waals surface area (Å²) in [6.45, 7) is 6.69. The van der Waals surface area contributed by atoms with E-state index in [0.29, 0.717) is 18.7 Å². The van der Waals surface area contributed by atoms with Crippen LogP contribution in [0.15, 0.2) is 54.6 Å². The molecular formula is C24H31N5O. The monoisotopic (exact) mass is 405 g/mol. The highest BCUT2D eigenvalue weighted by Crippen LogP contribution is 2.11. The molecule has 1 fully saturated rings. The molecule has 6 nitrogen and oxygen atoms in total. The molecule has 30 heavy (non-hydrogen) atoms. The number of hydrogen-bond acceptors (Lipinski definition) is 5. The molecule has 6 heteroatoms. The molecule has 1 aliphatic heterocycles. The first-order valence-corrected chi connectivity index (χ1v) is 10.6. The van der Waals surface area contributed by atoms with E-state index in [0.717, 1.165) is 45.7 Å². The number of nitriles is 1. The van der Waals surface area contributed by atoms with Gasteiger partial charge in [0.2, 0.25) is 5.91 Å². The summed E-state index contributed by atoms with van der Waals surface area (Å²) in [7, 11) is 2.08. The molecule has 1 aliphatic rings. The molecule has 1 amide bonds. The Morgan fingerprint density at radius 3 is 2.37 bits per heavy atom. The first-order chi connectivity index (χ1) is 14.6. The van der Waals surface area contributed by atoms with Crippen LogP contribution in [0, 0.1) is 11.3 Å². The number of amides is 1. The topological polar surface area (TPSA) is 62.6 Å². The van der Waals surface area contributed by atoms with E-state index in [-0.39, 0.29) is 5.91 Å². The van der Waals surface area contributed by atoms with Gasteiger partial charge in [-0.3, -0.25) is 14.6 Å². The van der Waals surface area contributed by atoms with Crippen LogP contribution in [0.3, 0.4) is 0 Å². The Balaban J connectivity index is 1.29. The van der Waals surface area contributed by atoms with Gasteiger partial charge in [0.1, 0.15) is 0 Å². The van der Waals surface area contributed by atoms with E-state index >= 15 is 0 Å². The molecule has 0 bridgehead atoms. The number of piperazine rings is 1. The molecule has 0 radical (unpaired) electrons. The van der Waals surface area contributed by atoms with Crippen LogP contribution < -0.4 is 10.2 Å². The lowest BCUT2D eigenvalue weighted by Gasteiger charge is -2.34. The van der Waals surface area contributed by atoms with Crippen molar-refractivity contribution in [1.29, 1.82) is 5.26 Å². The number of nitrogens with one attached hydrogen (secondary N) is 1. The van der Waals surface area contributed by atoms with Crippen molar-refractivity contribution in [3.05, 3.63) is 65.7 Å². The second-order valence-corrected chi connectivity index (χ2v) is 7.82. The zero-order valence-corrected chi connectivity index (χ0v) is 17.8. The van der Waals surface area contributed by atoms with Crippen molar-refractivity contribution in [3.8, 4) is 6.07 Å². The van der Waals surface area contributed by atoms with Gasteiger partial charge >= 0.3 is 0 Å². The lowest BCUT2D eigenvalue weighted by molar-refractivity contribution is -0.122. The van der Waals surface area contributed by atoms with Crippen LogP contribution in [0.1, 0.15) is 17.5 Å². The molecule has 1 N–H and O–H groups in total. The summed E-state index contributed by atoms with van der Waals surface area (Å²) in [5.41, 5.74) is 3.12. The molecule has 2 aromatic rings. The van der Waals surface area contributed by atoms with Gasteiger partial charge in [-0.15, -0.1) is 0 Å². The second kappa shape index (κ2) is 11.3. The SMILES string of the molecule is CN(CCCNC(=O)CN1CCN(Cc2ccc(C#N)cc2)CC1)c1ccccc1. The Kier molecular flexibility index (Phi) is 8.25. The average Bonchev–Trinajstić information content (AvgIpc) is 2.79. The average molecular weight is 406 g/mol. The highest BCUT2D eigenvalue weighted by Gasteiger charge is 2.18. The van der Waals surface area contributed by atoms with Crippen LogP contribution in [0.5, 0.6) is 0 Å². The maximum atomic E-state index is 12.3. The Morgan fingerprint density at radius 1 is 1.03 bits per heavy atom. The number of carbonyl (C=O) groups excluding carboxylic acids is 1. The number of nitrogens with zero attached hydrogens (tertiary/aromatic N) is 4. The normalized spacial score (nSPS) is 14.8. The van der Waals surface area contributed by atoms with Gasteiger partial charge < -0.3 is 10.2 Å². The van der Waals surface area contributed by atoms with E-state index in [1.807, 2.05) is 42.5 Å². The smallest absolute Gasteiger partial charge is 0.234 e. The number of anilines is 1. The van der Waals surface area contributed by atoms with E-state index in [1.165, 1.54) is 11.3 Å². The Labute approximate surface area is 179 Å². The van der Waals surface area contributed by atoms with Crippen molar-refractivity contribution in [1.82, 2.24) is 15.1 Å². The first-order valence-electron chi connectivity index (χ1n) is 10.6. The summed E-state index contributed by atoms with van der Waals surface area (Å²) in [5, 5.41) is 11.9. The summed E-state index contributed by atoms with van der Waals surface area (Å²) in [6, 6.07) is 20.2. The van der Waals surface area contributed by atoms with Crippen molar-refractivity contribution in [2.75, 3.05) is 57.8 Å². The summed E-state index contributed by atoms with van der Waals surface area (Å²) in [5.74, 6) is 0.109. The maximum Gasteiger partial charge on any atom is 0.234 e. The maximum absolute atomic E-state index is 12.3. The molecular weight excluding hydrogens is 374 g/mol. The summed E-state index contributed by atoms with van der Waals surface area (Å²) < 4.78 is 0. The molecule has 0 atom stereocenters. The number of hydrogen-bond donors (Lipinski definition) is 1. The largest absolute Gasteiger partial charge is 0.375 e. The minimum atomic E-state index is 0.109. The van der Waals surface area contributed by atoms with E-state index in [1.54, 1.807) is 0 Å². The highest BCUT2D eigenvalue weighted by molar-refractivity contribution is 5.78. The molecule has 0 unspecified atom stereocenters. The fourth-order valence-corrected chi connectivity index (χ4v) is 3.66. The molecule has 0 aliphatic carbocycles. The molecule has 1 heterocycles. The van der Waals surface area contributed by atoms with Crippen molar-refractivity contribution in [3.63, 3.8) is 0 Å². The Morgan fingerprint density at radius 2 is 1.70 bits per heavy atom. The quantitative estimate of drug-likeness (QED) is 0.649. The van der Waals surface area contributed by atoms with Crippen molar-refractivity contribution in [2.24, 2.45) is 0 Å². The van der Waals surface area contributed by atoms with E-state index < -0.39 is 0 Å². The molecule has 158 valence electrons. The molecule has 2 aromatic carbocycles. The van der Waals surface area contributed by atoms with Crippen LogP contribution in [-0.2, 0) is 11.3 Å². The minimum absolute atomic E-state index is 0.109. The predicted molar refractivity (Wildman–Crippen MR) is 120 cm³/mol. The predicted octanol–water partition coefficient (Wildman–Crippen LogP) is 2.32. The molecule has 0 saturated carbocycles. The van der Waals surface area contributed by atoms with Crippen LogP contribution in [0.4, 0.5) is 5.69 Å². The lowest BCUT2D eigenvalue weighted by Crippen LogP contribution is -2.49. The number of para-hydroxylation sites is 1. The van der Waals surface area contributed by atoms with Crippen molar-refractivity contribution < 1.29 is 4.79 Å². The third-order valence-corrected chi connectivity index (χ3v) is 5.51. The van der Waals surface area contributed by atoms with Gasteiger partial charge in [0, 0.05) is 58.5 Å². The van der Waals surface area contributed by atoms with Crippen LogP contribution in [-0.4, -0.2) is 68.6 Å². The van der Waals surface area contributed by atoms with Gasteiger partial charge in [-0.1, -0.05) is 30.3 Å². The van der Waals surface area contributed by atoms with Crippen LogP contribution in [0.2, 0.25) is 0 Å². The van der Waals surface area contributed by atoms with Gasteiger partial charge in [0.15, 0.2) is 0 Å². The lowest BCUT2D eigenvalue weighted by atomic mass is 10.1. The third kappa shape index (κ3) is 6.87. The third-order valence-electron chi connectivity index (χ3n) is 5.51. The zero-order valence-electron chi connectivity index (χ0n) is 17.8.